The second-order valence-corrected chi connectivity index (χ2v) is 10.2. The Kier molecular flexibility index (Phi) is 8.99. The number of hydrogen-bond donors (Lipinski definition) is 1. The van der Waals surface area contributed by atoms with Gasteiger partial charge in [0.1, 0.15) is 11.6 Å². The van der Waals surface area contributed by atoms with Gasteiger partial charge in [0.2, 0.25) is 0 Å². The molecule has 0 atom stereocenters. The Morgan fingerprint density at radius 1 is 0.864 bits per heavy atom. The molecule has 0 aliphatic heterocycles. The van der Waals surface area contributed by atoms with Crippen molar-refractivity contribution in [3.63, 3.8) is 0 Å². The fourth-order valence-corrected chi connectivity index (χ4v) is 5.04. The number of hydrogen-bond acceptors (Lipinski definition) is 4. The summed E-state index contributed by atoms with van der Waals surface area (Å²) in [5, 5.41) is 13.8. The van der Waals surface area contributed by atoms with Crippen molar-refractivity contribution >= 4 is 5.97 Å². The van der Waals surface area contributed by atoms with E-state index in [0.717, 1.165) is 33.5 Å². The third kappa shape index (κ3) is 6.91. The number of ether oxygens (including phenoxy) is 1. The van der Waals surface area contributed by atoms with Gasteiger partial charge < -0.3 is 9.84 Å². The van der Waals surface area contributed by atoms with Gasteiger partial charge in [-0.1, -0.05) is 48.5 Å². The van der Waals surface area contributed by atoms with Crippen LogP contribution in [0.1, 0.15) is 35.9 Å². The van der Waals surface area contributed by atoms with Crippen LogP contribution in [0.15, 0.2) is 102 Å². The summed E-state index contributed by atoms with van der Waals surface area (Å²) in [4.78, 5) is 24.8. The molecule has 5 aromatic rings. The third-order valence-corrected chi connectivity index (χ3v) is 7.15. The van der Waals surface area contributed by atoms with E-state index in [1.54, 1.807) is 30.3 Å². The van der Waals surface area contributed by atoms with Crippen LogP contribution in [0.2, 0.25) is 0 Å². The van der Waals surface area contributed by atoms with Crippen LogP contribution in [0.25, 0.3) is 22.5 Å². The third-order valence-electron chi connectivity index (χ3n) is 7.15. The summed E-state index contributed by atoms with van der Waals surface area (Å²) in [5.41, 5.74) is 3.11. The second kappa shape index (κ2) is 13.0. The highest BCUT2D eigenvalue weighted by Crippen LogP contribution is 2.30. The first-order valence-electron chi connectivity index (χ1n) is 14.1. The maximum Gasteiger partial charge on any atom is 0.416 e. The van der Waals surface area contributed by atoms with Crippen LogP contribution in [-0.4, -0.2) is 32.0 Å². The molecule has 0 unspecified atom stereocenters. The van der Waals surface area contributed by atoms with E-state index in [1.165, 1.54) is 16.7 Å². The summed E-state index contributed by atoms with van der Waals surface area (Å²) in [7, 11) is 0. The number of para-hydroxylation sites is 1. The number of aliphatic carboxylic acids is 1. The van der Waals surface area contributed by atoms with Gasteiger partial charge in [-0.15, -0.1) is 5.10 Å². The normalized spacial score (nSPS) is 11.5. The maximum absolute atomic E-state index is 13.4. The summed E-state index contributed by atoms with van der Waals surface area (Å²) in [6, 6.07) is 26.9. The molecule has 0 aliphatic carbocycles. The van der Waals surface area contributed by atoms with Crippen molar-refractivity contribution in [1.29, 1.82) is 0 Å². The lowest BCUT2D eigenvalue weighted by molar-refractivity contribution is -0.138. The number of carboxylic acids is 1. The van der Waals surface area contributed by atoms with E-state index in [4.69, 9.17) is 4.74 Å². The zero-order chi connectivity index (χ0) is 31.3. The van der Waals surface area contributed by atoms with E-state index >= 15 is 0 Å². The number of benzene rings is 4. The molecule has 0 radical (unpaired) electrons. The standard InChI is InChI=1S/C34H30F3N3O4/c1-2-44-30-20-15-25(21-26(30)22-32(41)42)24-13-11-23(12-14-24)7-6-10-31-38-40(29-18-16-27(17-19-29)34(35,36)37)33(43)39(31)28-8-4-3-5-9-28/h3-5,8-9,11-21H,2,6-7,10,22H2,1H3,(H,41,42). The van der Waals surface area contributed by atoms with Gasteiger partial charge in [-0.05, 0) is 85.0 Å². The van der Waals surface area contributed by atoms with E-state index in [1.807, 2.05) is 49.4 Å². The SMILES string of the molecule is CCOc1ccc(-c2ccc(CCCc3nn(-c4ccc(C(F)(F)F)cc4)c(=O)n3-c3ccccc3)cc2)cc1CC(=O)O. The van der Waals surface area contributed by atoms with Gasteiger partial charge in [0, 0.05) is 12.0 Å². The zero-order valence-corrected chi connectivity index (χ0v) is 23.9. The molecule has 0 amide bonds. The van der Waals surface area contributed by atoms with Crippen LogP contribution in [0, 0.1) is 0 Å². The molecule has 0 saturated carbocycles. The molecule has 5 rings (SSSR count). The summed E-state index contributed by atoms with van der Waals surface area (Å²) < 4.78 is 47.4. The maximum atomic E-state index is 13.4. The summed E-state index contributed by atoms with van der Waals surface area (Å²) in [6.45, 7) is 2.29. The Balaban J connectivity index is 1.34. The number of carboxylic acid groups (broad SMARTS) is 1. The van der Waals surface area contributed by atoms with Crippen LogP contribution in [0.5, 0.6) is 5.75 Å². The van der Waals surface area contributed by atoms with Crippen LogP contribution in [-0.2, 0) is 30.2 Å². The van der Waals surface area contributed by atoms with E-state index in [-0.39, 0.29) is 12.1 Å². The molecule has 7 nitrogen and oxygen atoms in total. The predicted molar refractivity (Wildman–Crippen MR) is 161 cm³/mol. The highest BCUT2D eigenvalue weighted by atomic mass is 19.4. The molecule has 0 aliphatic rings. The van der Waals surface area contributed by atoms with Gasteiger partial charge in [0.25, 0.3) is 0 Å². The van der Waals surface area contributed by atoms with Crippen molar-refractivity contribution in [2.45, 2.75) is 38.8 Å². The smallest absolute Gasteiger partial charge is 0.416 e. The fourth-order valence-electron chi connectivity index (χ4n) is 5.04. The molecule has 0 fully saturated rings. The molecule has 4 aromatic carbocycles. The first kappa shape index (κ1) is 30.3. The van der Waals surface area contributed by atoms with Crippen molar-refractivity contribution in [2.24, 2.45) is 0 Å². The Morgan fingerprint density at radius 2 is 1.55 bits per heavy atom. The summed E-state index contributed by atoms with van der Waals surface area (Å²) in [6.07, 6.45) is -2.79. The average molecular weight is 602 g/mol. The molecule has 1 N–H and O–H groups in total. The van der Waals surface area contributed by atoms with Crippen molar-refractivity contribution in [3.05, 3.63) is 130 Å². The molecule has 1 heterocycles. The molecular weight excluding hydrogens is 571 g/mol. The Hall–Kier alpha value is -5.12. The molecule has 0 saturated heterocycles. The fraction of sp³-hybridized carbons (Fsp3) is 0.206. The Labute approximate surface area is 251 Å². The van der Waals surface area contributed by atoms with Crippen LogP contribution in [0.3, 0.4) is 0 Å². The van der Waals surface area contributed by atoms with Crippen LogP contribution < -0.4 is 10.4 Å². The molecule has 44 heavy (non-hydrogen) atoms. The van der Waals surface area contributed by atoms with Crippen molar-refractivity contribution < 1.29 is 27.8 Å². The van der Waals surface area contributed by atoms with Crippen molar-refractivity contribution in [3.8, 4) is 28.3 Å². The van der Waals surface area contributed by atoms with Crippen LogP contribution in [0.4, 0.5) is 13.2 Å². The number of carbonyl (C=O) groups is 1. The zero-order valence-electron chi connectivity index (χ0n) is 23.9. The quantitative estimate of drug-likeness (QED) is 0.178. The van der Waals surface area contributed by atoms with Gasteiger partial charge in [0.05, 0.1) is 30.0 Å². The Morgan fingerprint density at radius 3 is 2.18 bits per heavy atom. The Bertz CT molecular complexity index is 1790. The summed E-state index contributed by atoms with van der Waals surface area (Å²) in [5.74, 6) is 0.128. The number of aromatic nitrogens is 3. The van der Waals surface area contributed by atoms with Crippen LogP contribution >= 0.6 is 0 Å². The van der Waals surface area contributed by atoms with E-state index < -0.39 is 23.4 Å². The highest BCUT2D eigenvalue weighted by Gasteiger charge is 2.30. The van der Waals surface area contributed by atoms with Crippen molar-refractivity contribution in [2.75, 3.05) is 6.61 Å². The summed E-state index contributed by atoms with van der Waals surface area (Å²) >= 11 is 0. The first-order valence-corrected chi connectivity index (χ1v) is 14.1. The van der Waals surface area contributed by atoms with E-state index in [2.05, 4.69) is 5.10 Å². The monoisotopic (exact) mass is 601 g/mol. The number of nitrogens with zero attached hydrogens (tertiary/aromatic N) is 3. The predicted octanol–water partition coefficient (Wildman–Crippen LogP) is 6.91. The second-order valence-electron chi connectivity index (χ2n) is 10.2. The topological polar surface area (TPSA) is 86.4 Å². The van der Waals surface area contributed by atoms with Crippen molar-refractivity contribution in [1.82, 2.24) is 14.3 Å². The minimum absolute atomic E-state index is 0.135. The number of alkyl halides is 3. The molecule has 0 bridgehead atoms. The van der Waals surface area contributed by atoms with Gasteiger partial charge in [0.15, 0.2) is 0 Å². The highest BCUT2D eigenvalue weighted by molar-refractivity contribution is 5.74. The molecule has 10 heteroatoms. The van der Waals surface area contributed by atoms with Gasteiger partial charge in [-0.2, -0.15) is 17.9 Å². The lowest BCUT2D eigenvalue weighted by atomic mass is 9.98. The lowest BCUT2D eigenvalue weighted by Crippen LogP contribution is -2.23. The van der Waals surface area contributed by atoms with Gasteiger partial charge in [-0.3, -0.25) is 4.79 Å². The minimum Gasteiger partial charge on any atom is -0.494 e. The average Bonchev–Trinajstić information content (AvgIpc) is 3.34. The first-order chi connectivity index (χ1) is 21.1. The molecule has 226 valence electrons. The minimum atomic E-state index is -4.48. The van der Waals surface area contributed by atoms with Gasteiger partial charge >= 0.3 is 17.8 Å². The molecule has 1 aromatic heterocycles. The molecular formula is C34H30F3N3O4. The van der Waals surface area contributed by atoms with E-state index in [9.17, 15) is 27.9 Å². The number of halogens is 3. The largest absolute Gasteiger partial charge is 0.494 e. The number of aryl methyl sites for hydroxylation is 2. The van der Waals surface area contributed by atoms with Gasteiger partial charge in [-0.25, -0.2) is 9.36 Å². The van der Waals surface area contributed by atoms with E-state index in [0.29, 0.717) is 48.7 Å². The number of rotatable bonds is 11. The lowest BCUT2D eigenvalue weighted by Gasteiger charge is -2.11. The molecule has 0 spiro atoms.